The molecule has 0 atom stereocenters. The first-order valence-electron chi connectivity index (χ1n) is 11.3. The summed E-state index contributed by atoms with van der Waals surface area (Å²) in [7, 11) is 5.06. The Morgan fingerprint density at radius 2 is 1.62 bits per heavy atom. The van der Waals surface area contributed by atoms with E-state index in [0.717, 1.165) is 24.4 Å². The molecule has 0 unspecified atom stereocenters. The zero-order valence-electron chi connectivity index (χ0n) is 19.1. The number of nitrogens with one attached hydrogen (secondary N) is 2. The van der Waals surface area contributed by atoms with Gasteiger partial charge in [0.1, 0.15) is 0 Å². The lowest BCUT2D eigenvalue weighted by atomic mass is 10.1. The molecular formula is C23H38N2O5S2. The van der Waals surface area contributed by atoms with Gasteiger partial charge in [-0.1, -0.05) is 59.4 Å². The molecule has 3 N–H and O–H groups in total. The quantitative estimate of drug-likeness (QED) is 0.170. The van der Waals surface area contributed by atoms with E-state index in [-0.39, 0.29) is 12.3 Å². The Balaban J connectivity index is 2.07. The number of carbonyl (C=O) groups is 2. The number of hydrogen-bond donors (Lipinski definition) is 3. The number of ether oxygens (including phenoxy) is 2. The minimum absolute atomic E-state index is 0.0950. The minimum Gasteiger partial charge on any atom is -0.481 e. The van der Waals surface area contributed by atoms with Gasteiger partial charge in [0.25, 0.3) is 5.91 Å². The fraction of sp³-hybridized carbons (Fsp3) is 0.652. The van der Waals surface area contributed by atoms with Gasteiger partial charge in [-0.25, -0.2) is 0 Å². The zero-order valence-corrected chi connectivity index (χ0v) is 20.7. The van der Waals surface area contributed by atoms with E-state index in [1.54, 1.807) is 28.7 Å². The molecule has 1 aromatic carbocycles. The SMILES string of the molecule is COCCOCCNC(=O)c1ccccc1NCCCCCCCCSSCCC(=O)O. The summed E-state index contributed by atoms with van der Waals surface area (Å²) in [5, 5.41) is 14.9. The van der Waals surface area contributed by atoms with Gasteiger partial charge >= 0.3 is 5.97 Å². The van der Waals surface area contributed by atoms with Crippen LogP contribution in [-0.2, 0) is 14.3 Å². The average Bonchev–Trinajstić information content (AvgIpc) is 2.79. The molecule has 0 radical (unpaired) electrons. The monoisotopic (exact) mass is 486 g/mol. The molecule has 0 saturated heterocycles. The van der Waals surface area contributed by atoms with Crippen LogP contribution in [0.1, 0.15) is 55.3 Å². The Kier molecular flexibility index (Phi) is 18.1. The summed E-state index contributed by atoms with van der Waals surface area (Å²) in [6.45, 7) is 2.86. The van der Waals surface area contributed by atoms with E-state index in [9.17, 15) is 9.59 Å². The third-order valence-corrected chi connectivity index (χ3v) is 7.08. The van der Waals surface area contributed by atoms with Crippen LogP contribution in [0.4, 0.5) is 5.69 Å². The number of carbonyl (C=O) groups excluding carboxylic acids is 1. The van der Waals surface area contributed by atoms with Crippen LogP contribution >= 0.6 is 21.6 Å². The topological polar surface area (TPSA) is 96.9 Å². The van der Waals surface area contributed by atoms with Crippen LogP contribution in [-0.4, -0.2) is 68.5 Å². The second-order valence-electron chi connectivity index (χ2n) is 7.24. The van der Waals surface area contributed by atoms with Gasteiger partial charge in [-0.05, 0) is 25.0 Å². The molecule has 0 spiro atoms. The van der Waals surface area contributed by atoms with Crippen LogP contribution in [0.25, 0.3) is 0 Å². The summed E-state index contributed by atoms with van der Waals surface area (Å²) in [4.78, 5) is 22.9. The van der Waals surface area contributed by atoms with Gasteiger partial charge in [0.05, 0.1) is 31.8 Å². The number of benzene rings is 1. The molecule has 1 aromatic rings. The molecule has 1 amide bonds. The molecule has 0 aliphatic heterocycles. The van der Waals surface area contributed by atoms with Crippen molar-refractivity contribution >= 4 is 39.2 Å². The molecule has 1 rings (SSSR count). The Morgan fingerprint density at radius 1 is 0.906 bits per heavy atom. The van der Waals surface area contributed by atoms with Crippen molar-refractivity contribution in [3.63, 3.8) is 0 Å². The highest BCUT2D eigenvalue weighted by Crippen LogP contribution is 2.23. The normalized spacial score (nSPS) is 10.8. The molecular weight excluding hydrogens is 448 g/mol. The molecule has 7 nitrogen and oxygen atoms in total. The van der Waals surface area contributed by atoms with Crippen molar-refractivity contribution in [2.45, 2.75) is 44.9 Å². The van der Waals surface area contributed by atoms with Gasteiger partial charge in [-0.2, -0.15) is 0 Å². The highest BCUT2D eigenvalue weighted by molar-refractivity contribution is 8.76. The largest absolute Gasteiger partial charge is 0.481 e. The van der Waals surface area contributed by atoms with Crippen molar-refractivity contribution in [3.8, 4) is 0 Å². The Hall–Kier alpha value is -1.42. The van der Waals surface area contributed by atoms with Crippen molar-refractivity contribution in [1.82, 2.24) is 5.32 Å². The van der Waals surface area contributed by atoms with Crippen LogP contribution in [0.3, 0.4) is 0 Å². The molecule has 0 aromatic heterocycles. The predicted octanol–water partition coefficient (Wildman–Crippen LogP) is 4.69. The lowest BCUT2D eigenvalue weighted by Crippen LogP contribution is -2.28. The number of methoxy groups -OCH3 is 1. The van der Waals surface area contributed by atoms with Gasteiger partial charge in [0.2, 0.25) is 0 Å². The molecule has 0 bridgehead atoms. The third-order valence-electron chi connectivity index (χ3n) is 4.59. The van der Waals surface area contributed by atoms with Crippen molar-refractivity contribution in [2.75, 3.05) is 56.8 Å². The molecule has 0 aliphatic rings. The van der Waals surface area contributed by atoms with Crippen molar-refractivity contribution in [1.29, 1.82) is 0 Å². The highest BCUT2D eigenvalue weighted by Gasteiger charge is 2.10. The molecule has 9 heteroatoms. The van der Waals surface area contributed by atoms with Crippen LogP contribution in [0.2, 0.25) is 0 Å². The maximum atomic E-state index is 12.4. The lowest BCUT2D eigenvalue weighted by molar-refractivity contribution is -0.136. The highest BCUT2D eigenvalue weighted by atomic mass is 33.1. The first-order valence-corrected chi connectivity index (χ1v) is 13.8. The van der Waals surface area contributed by atoms with E-state index >= 15 is 0 Å². The molecule has 0 saturated carbocycles. The summed E-state index contributed by atoms with van der Waals surface area (Å²) in [6, 6.07) is 7.58. The minimum atomic E-state index is -0.723. The number of carboxylic acids is 1. The van der Waals surface area contributed by atoms with Crippen molar-refractivity contribution < 1.29 is 24.2 Å². The average molecular weight is 487 g/mol. The third kappa shape index (κ3) is 15.4. The number of rotatable bonds is 21. The van der Waals surface area contributed by atoms with Crippen LogP contribution in [0.5, 0.6) is 0 Å². The number of anilines is 1. The summed E-state index contributed by atoms with van der Waals surface area (Å²) in [5.41, 5.74) is 1.52. The van der Waals surface area contributed by atoms with E-state index in [0.29, 0.717) is 37.7 Å². The Bertz CT molecular complexity index is 634. The maximum absolute atomic E-state index is 12.4. The Morgan fingerprint density at radius 3 is 2.41 bits per heavy atom. The van der Waals surface area contributed by atoms with Crippen LogP contribution in [0, 0.1) is 0 Å². The number of para-hydroxylation sites is 1. The second kappa shape index (κ2) is 20.2. The zero-order chi connectivity index (χ0) is 23.3. The molecule has 32 heavy (non-hydrogen) atoms. The fourth-order valence-corrected chi connectivity index (χ4v) is 5.00. The van der Waals surface area contributed by atoms with Crippen LogP contribution < -0.4 is 10.6 Å². The van der Waals surface area contributed by atoms with Gasteiger partial charge in [-0.15, -0.1) is 0 Å². The summed E-state index contributed by atoms with van der Waals surface area (Å²) in [5.74, 6) is 0.951. The molecule has 0 fully saturated rings. The van der Waals surface area contributed by atoms with E-state index in [2.05, 4.69) is 10.6 Å². The summed E-state index contributed by atoms with van der Waals surface area (Å²) < 4.78 is 10.3. The number of aliphatic carboxylic acids is 1. The summed E-state index contributed by atoms with van der Waals surface area (Å²) in [6.07, 6.45) is 7.32. The first kappa shape index (κ1) is 28.6. The standard InChI is InChI=1S/C23H38N2O5S2/c1-29-16-17-30-15-14-25-23(28)20-10-6-7-11-21(20)24-13-8-4-2-3-5-9-18-31-32-19-12-22(26)27/h6-7,10-11,24H,2-5,8-9,12-19H2,1H3,(H,25,28)(H,26,27). The van der Waals surface area contributed by atoms with E-state index < -0.39 is 5.97 Å². The number of carboxylic acid groups (broad SMARTS) is 1. The van der Waals surface area contributed by atoms with E-state index in [1.165, 1.54) is 32.1 Å². The van der Waals surface area contributed by atoms with Gasteiger partial charge in [-0.3, -0.25) is 9.59 Å². The van der Waals surface area contributed by atoms with Gasteiger partial charge in [0.15, 0.2) is 0 Å². The van der Waals surface area contributed by atoms with Crippen molar-refractivity contribution in [2.24, 2.45) is 0 Å². The Labute approximate surface area is 200 Å². The molecule has 182 valence electrons. The first-order chi connectivity index (χ1) is 15.6. The fourth-order valence-electron chi connectivity index (χ4n) is 2.87. The molecule has 0 aliphatic carbocycles. The van der Waals surface area contributed by atoms with Gasteiger partial charge < -0.3 is 25.2 Å². The van der Waals surface area contributed by atoms with Crippen LogP contribution in [0.15, 0.2) is 24.3 Å². The number of hydrogen-bond acceptors (Lipinski definition) is 7. The maximum Gasteiger partial charge on any atom is 0.304 e. The van der Waals surface area contributed by atoms with E-state index in [4.69, 9.17) is 14.6 Å². The summed E-state index contributed by atoms with van der Waals surface area (Å²) >= 11 is 0. The number of amides is 1. The predicted molar refractivity (Wildman–Crippen MR) is 135 cm³/mol. The number of unbranched alkanes of at least 4 members (excludes halogenated alkanes) is 5. The van der Waals surface area contributed by atoms with Gasteiger partial charge in [0, 0.05) is 37.4 Å². The molecule has 0 heterocycles. The van der Waals surface area contributed by atoms with Crippen molar-refractivity contribution in [3.05, 3.63) is 29.8 Å². The second-order valence-corrected chi connectivity index (χ2v) is 9.94. The lowest BCUT2D eigenvalue weighted by Gasteiger charge is -2.12. The smallest absolute Gasteiger partial charge is 0.304 e. The van der Waals surface area contributed by atoms with E-state index in [1.807, 2.05) is 24.3 Å².